The van der Waals surface area contributed by atoms with E-state index in [1.165, 1.54) is 12.6 Å². The number of rotatable bonds is 5. The van der Waals surface area contributed by atoms with E-state index in [1.54, 1.807) is 0 Å². The maximum Gasteiger partial charge on any atom is 0.329 e. The first kappa shape index (κ1) is 14.0. The minimum absolute atomic E-state index is 0.0619. The molecule has 8 heteroatoms. The van der Waals surface area contributed by atoms with Gasteiger partial charge < -0.3 is 10.6 Å². The molecule has 2 atom stereocenters. The van der Waals surface area contributed by atoms with Gasteiger partial charge in [0.1, 0.15) is 6.20 Å². The fourth-order valence-electron chi connectivity index (χ4n) is 3.29. The second-order valence-electron chi connectivity index (χ2n) is 5.50. The van der Waals surface area contributed by atoms with E-state index in [-0.39, 0.29) is 11.7 Å². The highest BCUT2D eigenvalue weighted by Gasteiger charge is 2.38. The predicted octanol–water partition coefficient (Wildman–Crippen LogP) is 1.47. The molecule has 2 N–H and O–H groups in total. The fourth-order valence-corrected chi connectivity index (χ4v) is 3.29. The smallest absolute Gasteiger partial charge is 0.329 e. The van der Waals surface area contributed by atoms with Gasteiger partial charge in [-0.15, -0.1) is 0 Å². The number of aromatic nitrogens is 2. The van der Waals surface area contributed by atoms with Crippen molar-refractivity contribution in [3.05, 3.63) is 16.3 Å². The van der Waals surface area contributed by atoms with E-state index in [0.717, 1.165) is 25.9 Å². The molecule has 0 aliphatic carbocycles. The Hall–Kier alpha value is -1.96. The first-order valence-electron chi connectivity index (χ1n) is 7.45. The van der Waals surface area contributed by atoms with Crippen LogP contribution in [0.15, 0.2) is 6.20 Å². The van der Waals surface area contributed by atoms with Crippen LogP contribution in [0.2, 0.25) is 0 Å². The van der Waals surface area contributed by atoms with Gasteiger partial charge in [0.05, 0.1) is 4.92 Å². The largest absolute Gasteiger partial charge is 0.360 e. The maximum atomic E-state index is 11.1. The van der Waals surface area contributed by atoms with Crippen molar-refractivity contribution < 1.29 is 4.92 Å². The van der Waals surface area contributed by atoms with E-state index in [9.17, 15) is 10.1 Å². The quantitative estimate of drug-likeness (QED) is 0.626. The summed E-state index contributed by atoms with van der Waals surface area (Å²) in [6.45, 7) is 4.81. The molecule has 3 rings (SSSR count). The third kappa shape index (κ3) is 2.76. The number of hydrogen-bond acceptors (Lipinski definition) is 7. The molecule has 8 nitrogen and oxygen atoms in total. The Morgan fingerprint density at radius 1 is 1.48 bits per heavy atom. The molecule has 2 aliphatic heterocycles. The molecule has 2 aliphatic rings. The topological polar surface area (TPSA) is 96.2 Å². The highest BCUT2D eigenvalue weighted by molar-refractivity contribution is 5.57. The van der Waals surface area contributed by atoms with Gasteiger partial charge in [-0.1, -0.05) is 0 Å². The second kappa shape index (κ2) is 5.80. The van der Waals surface area contributed by atoms with Crippen molar-refractivity contribution in [1.82, 2.24) is 14.9 Å². The third-order valence-corrected chi connectivity index (χ3v) is 4.23. The van der Waals surface area contributed by atoms with Crippen LogP contribution in [0.4, 0.5) is 17.5 Å². The Balaban J connectivity index is 1.82. The van der Waals surface area contributed by atoms with Gasteiger partial charge in [0.25, 0.3) is 0 Å². The monoisotopic (exact) mass is 292 g/mol. The number of nitro groups is 1. The lowest BCUT2D eigenvalue weighted by Crippen LogP contribution is -2.34. The molecule has 0 spiro atoms. The molecule has 1 aromatic heterocycles. The predicted molar refractivity (Wildman–Crippen MR) is 79.5 cm³/mol. The Morgan fingerprint density at radius 3 is 3.10 bits per heavy atom. The summed E-state index contributed by atoms with van der Waals surface area (Å²) in [6.07, 6.45) is 4.63. The van der Waals surface area contributed by atoms with E-state index in [2.05, 4.69) is 25.5 Å². The molecule has 2 fully saturated rings. The molecule has 114 valence electrons. The maximum absolute atomic E-state index is 11.1. The van der Waals surface area contributed by atoms with Crippen LogP contribution in [-0.4, -0.2) is 51.5 Å². The summed E-state index contributed by atoms with van der Waals surface area (Å²) < 4.78 is 0. The molecule has 0 bridgehead atoms. The zero-order valence-electron chi connectivity index (χ0n) is 12.1. The van der Waals surface area contributed by atoms with Crippen LogP contribution in [0.3, 0.4) is 0 Å². The van der Waals surface area contributed by atoms with Crippen LogP contribution in [0.25, 0.3) is 0 Å². The van der Waals surface area contributed by atoms with Gasteiger partial charge in [-0.2, -0.15) is 4.98 Å². The number of hydrogen-bond donors (Lipinski definition) is 2. The van der Waals surface area contributed by atoms with Crippen LogP contribution < -0.4 is 10.6 Å². The highest BCUT2D eigenvalue weighted by Crippen LogP contribution is 2.32. The fraction of sp³-hybridized carbons (Fsp3) is 0.692. The van der Waals surface area contributed by atoms with Gasteiger partial charge in [0, 0.05) is 25.2 Å². The number of fused-ring (bicyclic) bond motifs is 1. The lowest BCUT2D eigenvalue weighted by Gasteiger charge is -2.21. The molecule has 1 aromatic rings. The van der Waals surface area contributed by atoms with Gasteiger partial charge in [0.15, 0.2) is 0 Å². The van der Waals surface area contributed by atoms with Crippen LogP contribution in [-0.2, 0) is 0 Å². The second-order valence-corrected chi connectivity index (χ2v) is 5.50. The molecule has 3 heterocycles. The summed E-state index contributed by atoms with van der Waals surface area (Å²) in [6, 6.07) is 0.706. The Kier molecular flexibility index (Phi) is 3.87. The summed E-state index contributed by atoms with van der Waals surface area (Å²) in [5.41, 5.74) is -0.0619. The van der Waals surface area contributed by atoms with Gasteiger partial charge in [-0.3, -0.25) is 15.0 Å². The Labute approximate surface area is 123 Å². The van der Waals surface area contributed by atoms with Crippen LogP contribution in [0.1, 0.15) is 26.2 Å². The zero-order valence-corrected chi connectivity index (χ0v) is 12.1. The first-order valence-corrected chi connectivity index (χ1v) is 7.45. The third-order valence-electron chi connectivity index (χ3n) is 4.23. The summed E-state index contributed by atoms with van der Waals surface area (Å²) in [5.74, 6) is 0.747. The van der Waals surface area contributed by atoms with Gasteiger partial charge in [-0.05, 0) is 32.7 Å². The van der Waals surface area contributed by atoms with Gasteiger partial charge in [0.2, 0.25) is 11.8 Å². The van der Waals surface area contributed by atoms with Crippen molar-refractivity contribution in [2.75, 3.05) is 30.3 Å². The van der Waals surface area contributed by atoms with Gasteiger partial charge >= 0.3 is 5.69 Å². The number of anilines is 2. The van der Waals surface area contributed by atoms with Gasteiger partial charge in [-0.25, -0.2) is 4.98 Å². The minimum Gasteiger partial charge on any atom is -0.360 e. The summed E-state index contributed by atoms with van der Waals surface area (Å²) in [7, 11) is 0. The molecular formula is C13H20N6O2. The molecule has 0 radical (unpaired) electrons. The Morgan fingerprint density at radius 2 is 2.33 bits per heavy atom. The van der Waals surface area contributed by atoms with E-state index in [1.807, 2.05) is 6.92 Å². The molecule has 21 heavy (non-hydrogen) atoms. The zero-order chi connectivity index (χ0) is 14.8. The van der Waals surface area contributed by atoms with Crippen molar-refractivity contribution in [3.8, 4) is 0 Å². The molecule has 2 unspecified atom stereocenters. The van der Waals surface area contributed by atoms with Crippen molar-refractivity contribution in [2.24, 2.45) is 0 Å². The molecular weight excluding hydrogens is 272 g/mol. The van der Waals surface area contributed by atoms with Crippen LogP contribution in [0, 0.1) is 10.1 Å². The van der Waals surface area contributed by atoms with E-state index < -0.39 is 4.92 Å². The minimum atomic E-state index is -0.431. The normalized spacial score (nSPS) is 24.8. The summed E-state index contributed by atoms with van der Waals surface area (Å²) >= 11 is 0. The van der Waals surface area contributed by atoms with Crippen molar-refractivity contribution in [2.45, 2.75) is 38.3 Å². The van der Waals surface area contributed by atoms with E-state index in [0.29, 0.717) is 24.4 Å². The molecule has 0 aromatic carbocycles. The number of nitrogens with one attached hydrogen (secondary N) is 2. The molecule has 2 saturated heterocycles. The van der Waals surface area contributed by atoms with Crippen molar-refractivity contribution in [3.63, 3.8) is 0 Å². The number of nitrogens with zero attached hydrogens (tertiary/aromatic N) is 4. The average molecular weight is 292 g/mol. The van der Waals surface area contributed by atoms with E-state index >= 15 is 0 Å². The van der Waals surface area contributed by atoms with Crippen molar-refractivity contribution in [1.29, 1.82) is 0 Å². The van der Waals surface area contributed by atoms with Crippen molar-refractivity contribution >= 4 is 17.5 Å². The standard InChI is InChI=1S/C13H20N6O2/c1-2-14-13-15-8-11(19(20)21)12(17-13)16-9-5-7-18-6-3-4-10(9)18/h8-10H,2-7H2,1H3,(H2,14,15,16,17). The van der Waals surface area contributed by atoms with E-state index in [4.69, 9.17) is 0 Å². The highest BCUT2D eigenvalue weighted by atomic mass is 16.6. The first-order chi connectivity index (χ1) is 10.2. The lowest BCUT2D eigenvalue weighted by molar-refractivity contribution is -0.384. The Bertz CT molecular complexity index is 537. The summed E-state index contributed by atoms with van der Waals surface area (Å²) in [5, 5.41) is 17.4. The SMILES string of the molecule is CCNc1ncc([N+](=O)[O-])c(NC2CCN3CCCC23)n1. The summed E-state index contributed by atoms with van der Waals surface area (Å²) in [4.78, 5) is 21.4. The molecule has 0 saturated carbocycles. The molecule has 0 amide bonds. The average Bonchev–Trinajstić information content (AvgIpc) is 3.04. The lowest BCUT2D eigenvalue weighted by atomic mass is 10.1. The van der Waals surface area contributed by atoms with Crippen LogP contribution >= 0.6 is 0 Å². The van der Waals surface area contributed by atoms with Crippen LogP contribution in [0.5, 0.6) is 0 Å².